The van der Waals surface area contributed by atoms with Gasteiger partial charge in [0.1, 0.15) is 0 Å². The fourth-order valence-corrected chi connectivity index (χ4v) is 3.67. The topological polar surface area (TPSA) is 20.3 Å². The van der Waals surface area contributed by atoms with Gasteiger partial charge < -0.3 is 4.90 Å². The van der Waals surface area contributed by atoms with Crippen molar-refractivity contribution in [2.24, 2.45) is 0 Å². The molecule has 4 heteroatoms. The minimum Gasteiger partial charge on any atom is -0.335 e. The van der Waals surface area contributed by atoms with Gasteiger partial charge in [-0.2, -0.15) is 0 Å². The third-order valence-electron chi connectivity index (χ3n) is 3.55. The molecule has 1 aliphatic rings. The summed E-state index contributed by atoms with van der Waals surface area (Å²) in [5, 5.41) is 0. The lowest BCUT2D eigenvalue weighted by atomic mass is 10.00. The number of rotatable bonds is 4. The van der Waals surface area contributed by atoms with E-state index in [1.54, 1.807) is 11.3 Å². The number of carbonyl (C=O) groups is 1. The van der Waals surface area contributed by atoms with Crippen LogP contribution in [-0.4, -0.2) is 29.3 Å². The molecular weight excluding hydrogens is 266 g/mol. The first-order valence-corrected chi connectivity index (χ1v) is 8.07. The Bertz CT molecular complexity index is 402. The minimum absolute atomic E-state index is 0.203. The molecule has 0 radical (unpaired) electrons. The third kappa shape index (κ3) is 3.07. The van der Waals surface area contributed by atoms with Gasteiger partial charge in [0, 0.05) is 23.3 Å². The maximum Gasteiger partial charge on any atom is 0.264 e. The second-order valence-electron chi connectivity index (χ2n) is 4.75. The van der Waals surface area contributed by atoms with E-state index in [1.165, 1.54) is 11.3 Å². The van der Waals surface area contributed by atoms with Crippen LogP contribution in [0.4, 0.5) is 0 Å². The normalized spacial score (nSPS) is 20.1. The molecule has 1 aromatic heterocycles. The summed E-state index contributed by atoms with van der Waals surface area (Å²) in [4.78, 5) is 16.7. The highest BCUT2D eigenvalue weighted by Crippen LogP contribution is 2.25. The number of hydrogen-bond acceptors (Lipinski definition) is 2. The summed E-state index contributed by atoms with van der Waals surface area (Å²) in [5.41, 5.74) is 0. The number of nitrogens with zero attached hydrogens (tertiary/aromatic N) is 1. The highest BCUT2D eigenvalue weighted by Gasteiger charge is 2.27. The van der Waals surface area contributed by atoms with Gasteiger partial charge in [-0.3, -0.25) is 4.79 Å². The van der Waals surface area contributed by atoms with Crippen LogP contribution in [0.5, 0.6) is 0 Å². The van der Waals surface area contributed by atoms with Crippen molar-refractivity contribution in [2.75, 3.05) is 12.4 Å². The zero-order chi connectivity index (χ0) is 13.0. The molecule has 1 saturated heterocycles. The van der Waals surface area contributed by atoms with Crippen molar-refractivity contribution in [1.29, 1.82) is 0 Å². The number of halogens is 1. The molecule has 1 atom stereocenters. The molecule has 18 heavy (non-hydrogen) atoms. The van der Waals surface area contributed by atoms with E-state index in [0.29, 0.717) is 11.9 Å². The highest BCUT2D eigenvalue weighted by atomic mass is 35.5. The van der Waals surface area contributed by atoms with Gasteiger partial charge in [0.15, 0.2) is 0 Å². The fourth-order valence-electron chi connectivity index (χ4n) is 2.52. The lowest BCUT2D eigenvalue weighted by Crippen LogP contribution is -2.43. The molecule has 2 heterocycles. The maximum atomic E-state index is 12.5. The Labute approximate surface area is 118 Å². The first-order valence-electron chi connectivity index (χ1n) is 6.72. The van der Waals surface area contributed by atoms with Crippen molar-refractivity contribution in [3.05, 3.63) is 21.9 Å². The third-order valence-corrected chi connectivity index (χ3v) is 4.99. The molecule has 2 nitrogen and oxygen atoms in total. The predicted molar refractivity (Wildman–Crippen MR) is 77.7 cm³/mol. The van der Waals surface area contributed by atoms with Crippen LogP contribution in [0.2, 0.25) is 0 Å². The van der Waals surface area contributed by atoms with Gasteiger partial charge in [0.25, 0.3) is 5.91 Å². The lowest BCUT2D eigenvalue weighted by molar-refractivity contribution is 0.0614. The first kappa shape index (κ1) is 13.9. The van der Waals surface area contributed by atoms with E-state index in [2.05, 4.69) is 13.0 Å². The van der Waals surface area contributed by atoms with E-state index < -0.39 is 0 Å². The Morgan fingerprint density at radius 3 is 3.00 bits per heavy atom. The SMILES string of the molecule is CCc1ccc(C(=O)N2CCCCC2CCCl)s1. The number of thiophene rings is 1. The molecule has 100 valence electrons. The standard InChI is InChI=1S/C14H20ClNOS/c1-2-12-6-7-13(18-12)14(17)16-10-4-3-5-11(16)8-9-15/h6-7,11H,2-5,8-10H2,1H3. The minimum atomic E-state index is 0.203. The van der Waals surface area contributed by atoms with Gasteiger partial charge in [-0.05, 0) is 44.2 Å². The summed E-state index contributed by atoms with van der Waals surface area (Å²) in [6, 6.07) is 4.38. The van der Waals surface area contributed by atoms with Crippen molar-refractivity contribution in [1.82, 2.24) is 4.90 Å². The number of likely N-dealkylation sites (tertiary alicyclic amines) is 1. The Hall–Kier alpha value is -0.540. The predicted octanol–water partition coefficient (Wildman–Crippen LogP) is 3.93. The summed E-state index contributed by atoms with van der Waals surface area (Å²) < 4.78 is 0. The molecule has 2 rings (SSSR count). The summed E-state index contributed by atoms with van der Waals surface area (Å²) in [7, 11) is 0. The van der Waals surface area contributed by atoms with Crippen LogP contribution in [0.25, 0.3) is 0 Å². The van der Waals surface area contributed by atoms with Crippen LogP contribution < -0.4 is 0 Å². The van der Waals surface area contributed by atoms with Crippen LogP contribution >= 0.6 is 22.9 Å². The van der Waals surface area contributed by atoms with Gasteiger partial charge in [-0.25, -0.2) is 0 Å². The lowest BCUT2D eigenvalue weighted by Gasteiger charge is -2.35. The molecule has 0 N–H and O–H groups in total. The average Bonchev–Trinajstić information content (AvgIpc) is 2.88. The van der Waals surface area contributed by atoms with Crippen LogP contribution in [0.3, 0.4) is 0 Å². The first-order chi connectivity index (χ1) is 8.76. The van der Waals surface area contributed by atoms with Gasteiger partial charge in [0.05, 0.1) is 4.88 Å². The second kappa shape index (κ2) is 6.58. The quantitative estimate of drug-likeness (QED) is 0.768. The van der Waals surface area contributed by atoms with Crippen LogP contribution in [0.1, 0.15) is 47.2 Å². The van der Waals surface area contributed by atoms with Crippen molar-refractivity contribution in [3.63, 3.8) is 0 Å². The molecule has 1 aromatic rings. The molecule has 0 spiro atoms. The van der Waals surface area contributed by atoms with Crippen molar-refractivity contribution < 1.29 is 4.79 Å². The fraction of sp³-hybridized carbons (Fsp3) is 0.643. The number of hydrogen-bond donors (Lipinski definition) is 0. The Kier molecular flexibility index (Phi) is 5.07. The molecule has 1 aliphatic heterocycles. The van der Waals surface area contributed by atoms with Crippen LogP contribution in [0, 0.1) is 0 Å². The summed E-state index contributed by atoms with van der Waals surface area (Å²) in [6.45, 7) is 3.01. The molecule has 0 saturated carbocycles. The average molecular weight is 286 g/mol. The van der Waals surface area contributed by atoms with Crippen LogP contribution in [0.15, 0.2) is 12.1 Å². The van der Waals surface area contributed by atoms with Crippen molar-refractivity contribution in [3.8, 4) is 0 Å². The van der Waals surface area contributed by atoms with E-state index in [4.69, 9.17) is 11.6 Å². The highest BCUT2D eigenvalue weighted by molar-refractivity contribution is 7.14. The number of carbonyl (C=O) groups excluding carboxylic acids is 1. The van der Waals surface area contributed by atoms with E-state index in [0.717, 1.165) is 37.1 Å². The summed E-state index contributed by atoms with van der Waals surface area (Å²) in [6.07, 6.45) is 5.36. The van der Waals surface area contributed by atoms with Gasteiger partial charge >= 0.3 is 0 Å². The van der Waals surface area contributed by atoms with E-state index in [-0.39, 0.29) is 5.91 Å². The maximum absolute atomic E-state index is 12.5. The zero-order valence-electron chi connectivity index (χ0n) is 10.8. The molecule has 0 aromatic carbocycles. The largest absolute Gasteiger partial charge is 0.335 e. The molecule has 1 unspecified atom stereocenters. The smallest absolute Gasteiger partial charge is 0.264 e. The Morgan fingerprint density at radius 1 is 1.50 bits per heavy atom. The van der Waals surface area contributed by atoms with E-state index in [9.17, 15) is 4.79 Å². The molecular formula is C14H20ClNOS. The number of piperidine rings is 1. The van der Waals surface area contributed by atoms with Crippen LogP contribution in [-0.2, 0) is 6.42 Å². The molecule has 1 amide bonds. The number of amides is 1. The Balaban J connectivity index is 2.10. The molecule has 1 fully saturated rings. The second-order valence-corrected chi connectivity index (χ2v) is 6.29. The van der Waals surface area contributed by atoms with Crippen molar-refractivity contribution >= 4 is 28.8 Å². The summed E-state index contributed by atoms with van der Waals surface area (Å²) >= 11 is 7.47. The number of aryl methyl sites for hydroxylation is 1. The molecule has 0 aliphatic carbocycles. The van der Waals surface area contributed by atoms with E-state index >= 15 is 0 Å². The van der Waals surface area contributed by atoms with Gasteiger partial charge in [-0.15, -0.1) is 22.9 Å². The Morgan fingerprint density at radius 2 is 2.33 bits per heavy atom. The summed E-state index contributed by atoms with van der Waals surface area (Å²) in [5.74, 6) is 0.841. The molecule has 0 bridgehead atoms. The van der Waals surface area contributed by atoms with Gasteiger partial charge in [0.2, 0.25) is 0 Å². The van der Waals surface area contributed by atoms with Gasteiger partial charge in [-0.1, -0.05) is 6.92 Å². The number of alkyl halides is 1. The monoisotopic (exact) mass is 285 g/mol. The van der Waals surface area contributed by atoms with Crippen molar-refractivity contribution in [2.45, 2.75) is 45.1 Å². The van der Waals surface area contributed by atoms with E-state index in [1.807, 2.05) is 11.0 Å². The zero-order valence-corrected chi connectivity index (χ0v) is 12.4.